The number of hydrogen-bond acceptors (Lipinski definition) is 7. The molecule has 182 valence electrons. The fourth-order valence-corrected chi connectivity index (χ4v) is 5.23. The highest BCUT2D eigenvalue weighted by Crippen LogP contribution is 2.34. The second kappa shape index (κ2) is 9.54. The van der Waals surface area contributed by atoms with Crippen molar-refractivity contribution in [2.75, 3.05) is 36.8 Å². The predicted molar refractivity (Wildman–Crippen MR) is 136 cm³/mol. The summed E-state index contributed by atoms with van der Waals surface area (Å²) in [6.07, 6.45) is 2.95. The van der Waals surface area contributed by atoms with E-state index in [1.807, 2.05) is 37.3 Å². The Bertz CT molecular complexity index is 1300. The second-order valence-corrected chi connectivity index (χ2v) is 9.33. The average Bonchev–Trinajstić information content (AvgIpc) is 3.37. The van der Waals surface area contributed by atoms with Crippen molar-refractivity contribution in [1.82, 2.24) is 9.80 Å². The summed E-state index contributed by atoms with van der Waals surface area (Å²) in [7, 11) is 0. The van der Waals surface area contributed by atoms with Gasteiger partial charge in [0.15, 0.2) is 5.75 Å². The zero-order valence-corrected chi connectivity index (χ0v) is 19.8. The Kier molecular flexibility index (Phi) is 6.30. The number of fused-ring (bicyclic) bond motifs is 1. The Hall–Kier alpha value is -3.65. The van der Waals surface area contributed by atoms with Gasteiger partial charge in [-0.1, -0.05) is 43.3 Å². The van der Waals surface area contributed by atoms with Crippen LogP contribution < -0.4 is 21.5 Å². The number of rotatable bonds is 7. The monoisotopic (exact) mass is 474 g/mol. The lowest BCUT2D eigenvalue weighted by atomic mass is 10.0. The van der Waals surface area contributed by atoms with Crippen LogP contribution in [0.3, 0.4) is 0 Å². The van der Waals surface area contributed by atoms with E-state index in [4.69, 9.17) is 0 Å². The zero-order valence-electron chi connectivity index (χ0n) is 19.8. The van der Waals surface area contributed by atoms with Crippen LogP contribution in [0.15, 0.2) is 58.1 Å². The van der Waals surface area contributed by atoms with Crippen LogP contribution in [0.25, 0.3) is 0 Å². The molecular formula is C27H30N4O4. The Morgan fingerprint density at radius 1 is 1.03 bits per heavy atom. The standard InChI is InChI=1S/C27H30N4O4/c1-2-20(17-8-4-3-5-9-17)28-22-23(26(34)25(22)33)29-21-12-6-11-19(24(21)32)27(35)31-15-14-30-13-7-10-18(30)16-31/h3-6,8-9,11-12,18,20,28-29,32H,2,7,10,13-16H2,1H3/t18-,20-/m0/s1. The predicted octanol–water partition coefficient (Wildman–Crippen LogP) is 3.22. The lowest BCUT2D eigenvalue weighted by molar-refractivity contribution is 0.0568. The third kappa shape index (κ3) is 4.30. The number of benzene rings is 2. The summed E-state index contributed by atoms with van der Waals surface area (Å²) in [5, 5.41) is 17.0. The van der Waals surface area contributed by atoms with Crippen LogP contribution in [0.2, 0.25) is 0 Å². The number of phenolic OH excluding ortho intramolecular Hbond substituents is 1. The number of aromatic hydroxyl groups is 1. The Labute approximate surface area is 203 Å². The third-order valence-electron chi connectivity index (χ3n) is 7.24. The van der Waals surface area contributed by atoms with Gasteiger partial charge in [-0.3, -0.25) is 19.3 Å². The number of anilines is 3. The van der Waals surface area contributed by atoms with Crippen molar-refractivity contribution in [2.45, 2.75) is 38.3 Å². The maximum Gasteiger partial charge on any atom is 0.257 e. The van der Waals surface area contributed by atoms with Gasteiger partial charge in [0.05, 0.1) is 17.3 Å². The lowest BCUT2D eigenvalue weighted by Gasteiger charge is -2.37. The van der Waals surface area contributed by atoms with Crippen LogP contribution in [0, 0.1) is 0 Å². The first kappa shape index (κ1) is 23.1. The summed E-state index contributed by atoms with van der Waals surface area (Å²) in [6.45, 7) is 5.19. The smallest absolute Gasteiger partial charge is 0.257 e. The summed E-state index contributed by atoms with van der Waals surface area (Å²) in [6, 6.07) is 14.8. The molecule has 2 aliphatic rings. The van der Waals surface area contributed by atoms with Crippen molar-refractivity contribution in [3.05, 3.63) is 80.1 Å². The Morgan fingerprint density at radius 3 is 2.57 bits per heavy atom. The van der Waals surface area contributed by atoms with E-state index in [0.29, 0.717) is 25.6 Å². The summed E-state index contributed by atoms with van der Waals surface area (Å²) in [4.78, 5) is 42.2. The van der Waals surface area contributed by atoms with Crippen molar-refractivity contribution in [2.24, 2.45) is 0 Å². The number of nitrogens with zero attached hydrogens (tertiary/aromatic N) is 2. The van der Waals surface area contributed by atoms with E-state index in [1.165, 1.54) is 0 Å². The molecule has 0 aromatic heterocycles. The number of piperazine rings is 1. The lowest BCUT2D eigenvalue weighted by Crippen LogP contribution is -2.52. The molecule has 5 rings (SSSR count). The fourth-order valence-electron chi connectivity index (χ4n) is 5.23. The van der Waals surface area contributed by atoms with E-state index in [0.717, 1.165) is 31.5 Å². The minimum Gasteiger partial charge on any atom is -0.505 e. The molecule has 2 atom stereocenters. The first-order valence-electron chi connectivity index (χ1n) is 12.2. The van der Waals surface area contributed by atoms with Crippen LogP contribution >= 0.6 is 0 Å². The highest BCUT2D eigenvalue weighted by molar-refractivity contribution is 5.99. The largest absolute Gasteiger partial charge is 0.505 e. The molecular weight excluding hydrogens is 444 g/mol. The van der Waals surface area contributed by atoms with Crippen LogP contribution in [0.1, 0.15) is 48.1 Å². The van der Waals surface area contributed by atoms with Crippen LogP contribution in [-0.4, -0.2) is 53.0 Å². The SMILES string of the molecule is CC[C@H](Nc1c(Nc2cccc(C(=O)N3CCN4CCC[C@H]4C3)c2O)c(=O)c1=O)c1ccccc1. The molecule has 8 heteroatoms. The molecule has 35 heavy (non-hydrogen) atoms. The molecule has 1 amide bonds. The van der Waals surface area contributed by atoms with Gasteiger partial charge in [-0.25, -0.2) is 0 Å². The number of hydrogen-bond donors (Lipinski definition) is 3. The molecule has 0 unspecified atom stereocenters. The molecule has 2 fully saturated rings. The molecule has 2 aliphatic heterocycles. The molecule has 3 aromatic carbocycles. The molecule has 0 saturated carbocycles. The van der Waals surface area contributed by atoms with Gasteiger partial charge in [0.25, 0.3) is 16.8 Å². The van der Waals surface area contributed by atoms with Crippen molar-refractivity contribution < 1.29 is 9.90 Å². The third-order valence-corrected chi connectivity index (χ3v) is 7.24. The minimum absolute atomic E-state index is 0.101. The van der Waals surface area contributed by atoms with E-state index in [1.54, 1.807) is 23.1 Å². The molecule has 0 radical (unpaired) electrons. The van der Waals surface area contributed by atoms with Crippen molar-refractivity contribution in [1.29, 1.82) is 0 Å². The van der Waals surface area contributed by atoms with Crippen molar-refractivity contribution in [3.63, 3.8) is 0 Å². The van der Waals surface area contributed by atoms with Gasteiger partial charge in [-0.05, 0) is 43.5 Å². The second-order valence-electron chi connectivity index (χ2n) is 9.33. The highest BCUT2D eigenvalue weighted by atomic mass is 16.3. The molecule has 3 aromatic rings. The van der Waals surface area contributed by atoms with Gasteiger partial charge < -0.3 is 20.6 Å². The van der Waals surface area contributed by atoms with E-state index in [2.05, 4.69) is 15.5 Å². The zero-order chi connectivity index (χ0) is 24.5. The average molecular weight is 475 g/mol. The quantitative estimate of drug-likeness (QED) is 0.357. The summed E-state index contributed by atoms with van der Waals surface area (Å²) in [5.74, 6) is -0.448. The number of nitrogens with one attached hydrogen (secondary N) is 2. The number of para-hydroxylation sites is 1. The number of phenols is 1. The van der Waals surface area contributed by atoms with Crippen molar-refractivity contribution >= 4 is 23.0 Å². The molecule has 2 heterocycles. The van der Waals surface area contributed by atoms with E-state index in [9.17, 15) is 19.5 Å². The maximum atomic E-state index is 13.2. The number of carbonyl (C=O) groups is 1. The summed E-state index contributed by atoms with van der Waals surface area (Å²) >= 11 is 0. The van der Waals surface area contributed by atoms with Gasteiger partial charge in [0.2, 0.25) is 0 Å². The van der Waals surface area contributed by atoms with Gasteiger partial charge in [0.1, 0.15) is 11.4 Å². The first-order valence-corrected chi connectivity index (χ1v) is 12.2. The maximum absolute atomic E-state index is 13.2. The molecule has 0 bridgehead atoms. The number of carbonyl (C=O) groups excluding carboxylic acids is 1. The number of amides is 1. The van der Waals surface area contributed by atoms with Crippen LogP contribution in [0.4, 0.5) is 17.1 Å². The van der Waals surface area contributed by atoms with Crippen LogP contribution in [-0.2, 0) is 0 Å². The fraction of sp³-hybridized carbons (Fsp3) is 0.370. The molecule has 0 spiro atoms. The molecule has 0 aliphatic carbocycles. The normalized spacial score (nSPS) is 18.9. The molecule has 3 N–H and O–H groups in total. The highest BCUT2D eigenvalue weighted by Gasteiger charge is 2.34. The van der Waals surface area contributed by atoms with Gasteiger partial charge in [0, 0.05) is 25.7 Å². The summed E-state index contributed by atoms with van der Waals surface area (Å²) < 4.78 is 0. The minimum atomic E-state index is -0.649. The molecule has 2 saturated heterocycles. The summed E-state index contributed by atoms with van der Waals surface area (Å²) in [5.41, 5.74) is 0.463. The van der Waals surface area contributed by atoms with E-state index < -0.39 is 10.9 Å². The van der Waals surface area contributed by atoms with E-state index >= 15 is 0 Å². The Balaban J connectivity index is 1.36. The molecule has 8 nitrogen and oxygen atoms in total. The van der Waals surface area contributed by atoms with Gasteiger partial charge in [-0.2, -0.15) is 0 Å². The van der Waals surface area contributed by atoms with Crippen LogP contribution in [0.5, 0.6) is 5.75 Å². The van der Waals surface area contributed by atoms with E-state index in [-0.39, 0.29) is 40.3 Å². The topological polar surface area (TPSA) is 102 Å². The first-order chi connectivity index (χ1) is 17.0. The Morgan fingerprint density at radius 2 is 1.80 bits per heavy atom. The van der Waals surface area contributed by atoms with Gasteiger partial charge >= 0.3 is 0 Å². The van der Waals surface area contributed by atoms with Crippen molar-refractivity contribution in [3.8, 4) is 5.75 Å². The van der Waals surface area contributed by atoms with Gasteiger partial charge in [-0.15, -0.1) is 0 Å².